The van der Waals surface area contributed by atoms with Gasteiger partial charge in [-0.2, -0.15) is 0 Å². The third kappa shape index (κ3) is 4.00. The molecule has 0 unspecified atom stereocenters. The van der Waals surface area contributed by atoms with Gasteiger partial charge in [0.05, 0.1) is 11.0 Å². The van der Waals surface area contributed by atoms with E-state index in [4.69, 9.17) is 4.52 Å². The first-order chi connectivity index (χ1) is 12.0. The van der Waals surface area contributed by atoms with E-state index in [0.717, 1.165) is 28.6 Å². The van der Waals surface area contributed by atoms with Crippen LogP contribution in [0.15, 0.2) is 58.1 Å². The van der Waals surface area contributed by atoms with Crippen LogP contribution in [0, 0.1) is 13.8 Å². The normalized spacial score (nSPS) is 10.6. The van der Waals surface area contributed by atoms with Crippen LogP contribution in [0.3, 0.4) is 0 Å². The minimum atomic E-state index is -0.561. The minimum Gasteiger partial charge on any atom is -0.538 e. The van der Waals surface area contributed by atoms with Crippen LogP contribution < -0.4 is 15.1 Å². The first-order valence-electron chi connectivity index (χ1n) is 7.69. The molecule has 0 spiro atoms. The molecule has 0 fully saturated rings. The van der Waals surface area contributed by atoms with Gasteiger partial charge in [-0.15, -0.1) is 0 Å². The Morgan fingerprint density at radius 1 is 1.20 bits per heavy atom. The molecule has 0 aliphatic heterocycles. The number of para-hydroxylation sites is 1. The standard InChI is InChI=1S/C18H17N3O3S/c1-12-7-9-14(10-8-12)21-17(18(23)24-20-21)25-11-16(22)19-15-6-4-3-5-13(15)2/h3-10H,11H2,1-2H3,(H-,19,20,22,23). The number of aromatic nitrogens is 2. The zero-order valence-corrected chi connectivity index (χ0v) is 14.7. The van der Waals surface area contributed by atoms with Gasteiger partial charge in [-0.3, -0.25) is 4.79 Å². The van der Waals surface area contributed by atoms with Gasteiger partial charge in [0.1, 0.15) is 0 Å². The second kappa shape index (κ2) is 7.40. The Morgan fingerprint density at radius 3 is 2.64 bits per heavy atom. The Kier molecular flexibility index (Phi) is 5.04. The molecule has 0 saturated heterocycles. The minimum absolute atomic E-state index is 0.0800. The molecule has 0 bridgehead atoms. The summed E-state index contributed by atoms with van der Waals surface area (Å²) in [6.45, 7) is 3.89. The molecule has 1 heterocycles. The molecule has 6 nitrogen and oxygen atoms in total. The molecule has 1 amide bonds. The Balaban J connectivity index is 1.71. The number of nitrogens with zero attached hydrogens (tertiary/aromatic N) is 2. The molecule has 0 radical (unpaired) electrons. The van der Waals surface area contributed by atoms with Crippen molar-refractivity contribution in [2.75, 3.05) is 11.1 Å². The predicted molar refractivity (Wildman–Crippen MR) is 92.8 cm³/mol. The molecule has 0 atom stereocenters. The van der Waals surface area contributed by atoms with Gasteiger partial charge in [0.25, 0.3) is 5.03 Å². The van der Waals surface area contributed by atoms with Gasteiger partial charge in [-0.05, 0) is 41.9 Å². The van der Waals surface area contributed by atoms with Crippen molar-refractivity contribution in [2.45, 2.75) is 18.9 Å². The highest BCUT2D eigenvalue weighted by molar-refractivity contribution is 7.99. The van der Waals surface area contributed by atoms with Gasteiger partial charge in [-0.25, -0.2) is 0 Å². The summed E-state index contributed by atoms with van der Waals surface area (Å²) >= 11 is 1.09. The summed E-state index contributed by atoms with van der Waals surface area (Å²) in [5.74, 6) is -0.680. The Hall–Kier alpha value is -2.80. The molecule has 0 saturated carbocycles. The lowest BCUT2D eigenvalue weighted by molar-refractivity contribution is -0.705. The molecule has 128 valence electrons. The largest absolute Gasteiger partial charge is 0.538 e. The van der Waals surface area contributed by atoms with E-state index in [1.807, 2.05) is 62.4 Å². The molecule has 1 aromatic heterocycles. The van der Waals surface area contributed by atoms with Crippen LogP contribution in [0.2, 0.25) is 0 Å². The number of aryl methyl sites for hydroxylation is 2. The van der Waals surface area contributed by atoms with Crippen LogP contribution in [0.5, 0.6) is 5.95 Å². The van der Waals surface area contributed by atoms with Crippen molar-refractivity contribution < 1.29 is 19.1 Å². The van der Waals surface area contributed by atoms with Gasteiger partial charge in [0.2, 0.25) is 11.6 Å². The Labute approximate surface area is 149 Å². The maximum atomic E-state index is 12.2. The molecule has 7 heteroatoms. The number of rotatable bonds is 5. The fourth-order valence-corrected chi connectivity index (χ4v) is 3.00. The van der Waals surface area contributed by atoms with Crippen LogP contribution >= 0.6 is 11.8 Å². The number of hydrogen-bond donors (Lipinski definition) is 1. The molecule has 3 rings (SSSR count). The lowest BCUT2D eigenvalue weighted by Crippen LogP contribution is -2.35. The second-order valence-electron chi connectivity index (χ2n) is 5.56. The maximum Gasteiger partial charge on any atom is 0.298 e. The molecule has 0 aliphatic carbocycles. The van der Waals surface area contributed by atoms with Gasteiger partial charge in [0, 0.05) is 17.8 Å². The summed E-state index contributed by atoms with van der Waals surface area (Å²) in [5, 5.41) is 18.8. The second-order valence-corrected chi connectivity index (χ2v) is 6.53. The zero-order chi connectivity index (χ0) is 17.8. The number of amides is 1. The van der Waals surface area contributed by atoms with Gasteiger partial charge >= 0.3 is 0 Å². The first kappa shape index (κ1) is 17.0. The SMILES string of the molecule is Cc1ccc(-[n+]2noc([O-])c2SCC(=O)Nc2ccccc2C)cc1. The monoisotopic (exact) mass is 355 g/mol. The van der Waals surface area contributed by atoms with Crippen molar-refractivity contribution in [1.29, 1.82) is 0 Å². The number of carbonyl (C=O) groups excluding carboxylic acids is 1. The van der Waals surface area contributed by atoms with Crippen molar-refractivity contribution in [3.63, 3.8) is 0 Å². The van der Waals surface area contributed by atoms with Gasteiger partial charge < -0.3 is 14.9 Å². The number of thioether (sulfide) groups is 1. The topological polar surface area (TPSA) is 82.1 Å². The van der Waals surface area contributed by atoms with E-state index >= 15 is 0 Å². The number of hydrogen-bond acceptors (Lipinski definition) is 5. The van der Waals surface area contributed by atoms with Crippen LogP contribution in [0.1, 0.15) is 11.1 Å². The first-order valence-corrected chi connectivity index (χ1v) is 8.67. The zero-order valence-electron chi connectivity index (χ0n) is 13.9. The van der Waals surface area contributed by atoms with E-state index in [1.165, 1.54) is 4.68 Å². The van der Waals surface area contributed by atoms with Crippen molar-refractivity contribution in [3.8, 4) is 11.6 Å². The number of nitrogens with one attached hydrogen (secondary N) is 1. The number of carbonyl (C=O) groups is 1. The van der Waals surface area contributed by atoms with Crippen molar-refractivity contribution in [2.24, 2.45) is 0 Å². The smallest absolute Gasteiger partial charge is 0.298 e. The number of benzene rings is 2. The number of anilines is 1. The van der Waals surface area contributed by atoms with E-state index in [-0.39, 0.29) is 16.7 Å². The van der Waals surface area contributed by atoms with Crippen LogP contribution in [0.25, 0.3) is 5.69 Å². The fraction of sp³-hybridized carbons (Fsp3) is 0.167. The molecule has 25 heavy (non-hydrogen) atoms. The predicted octanol–water partition coefficient (Wildman–Crippen LogP) is 2.37. The fourth-order valence-electron chi connectivity index (χ4n) is 2.24. The summed E-state index contributed by atoms with van der Waals surface area (Å²) in [7, 11) is 0. The highest BCUT2D eigenvalue weighted by Gasteiger charge is 2.22. The molecule has 1 N–H and O–H groups in total. The highest BCUT2D eigenvalue weighted by atomic mass is 32.2. The van der Waals surface area contributed by atoms with Crippen LogP contribution in [-0.4, -0.2) is 16.9 Å². The van der Waals surface area contributed by atoms with E-state index in [2.05, 4.69) is 10.6 Å². The third-order valence-electron chi connectivity index (χ3n) is 3.61. The average molecular weight is 355 g/mol. The molecule has 3 aromatic rings. The summed E-state index contributed by atoms with van der Waals surface area (Å²) in [6, 6.07) is 15.0. The highest BCUT2D eigenvalue weighted by Crippen LogP contribution is 2.23. The lowest BCUT2D eigenvalue weighted by Gasteiger charge is -2.07. The van der Waals surface area contributed by atoms with Crippen molar-refractivity contribution >= 4 is 23.4 Å². The summed E-state index contributed by atoms with van der Waals surface area (Å²) in [6.07, 6.45) is 0. The van der Waals surface area contributed by atoms with E-state index < -0.39 is 5.95 Å². The van der Waals surface area contributed by atoms with Crippen molar-refractivity contribution in [3.05, 3.63) is 59.7 Å². The Bertz CT molecular complexity index is 891. The average Bonchev–Trinajstić information content (AvgIpc) is 2.96. The molecule has 0 aliphatic rings. The summed E-state index contributed by atoms with van der Waals surface area (Å²) < 4.78 is 6.17. The maximum absolute atomic E-state index is 12.2. The molecular weight excluding hydrogens is 338 g/mol. The van der Waals surface area contributed by atoms with E-state index in [1.54, 1.807) is 0 Å². The van der Waals surface area contributed by atoms with Gasteiger partial charge in [0.15, 0.2) is 5.95 Å². The van der Waals surface area contributed by atoms with Crippen molar-refractivity contribution in [1.82, 2.24) is 5.27 Å². The van der Waals surface area contributed by atoms with E-state index in [0.29, 0.717) is 5.69 Å². The molecule has 2 aromatic carbocycles. The van der Waals surface area contributed by atoms with E-state index in [9.17, 15) is 9.90 Å². The third-order valence-corrected chi connectivity index (χ3v) is 4.63. The van der Waals surface area contributed by atoms with Gasteiger partial charge in [-0.1, -0.05) is 35.9 Å². The van der Waals surface area contributed by atoms with Crippen LogP contribution in [-0.2, 0) is 4.79 Å². The quantitative estimate of drug-likeness (QED) is 0.561. The Morgan fingerprint density at radius 2 is 1.92 bits per heavy atom. The lowest BCUT2D eigenvalue weighted by atomic mass is 10.2. The van der Waals surface area contributed by atoms with Crippen LogP contribution in [0.4, 0.5) is 5.69 Å². The summed E-state index contributed by atoms with van der Waals surface area (Å²) in [5.41, 5.74) is 3.54. The summed E-state index contributed by atoms with van der Waals surface area (Å²) in [4.78, 5) is 12.2. The molecular formula is C18H17N3O3S.